The van der Waals surface area contributed by atoms with Crippen molar-refractivity contribution in [3.05, 3.63) is 72.0 Å². The maximum Gasteiger partial charge on any atom is 0.228 e. The van der Waals surface area contributed by atoms with Crippen molar-refractivity contribution in [3.63, 3.8) is 0 Å². The van der Waals surface area contributed by atoms with E-state index in [4.69, 9.17) is 20.8 Å². The highest BCUT2D eigenvalue weighted by molar-refractivity contribution is 6.32. The fourth-order valence-electron chi connectivity index (χ4n) is 2.90. The van der Waals surface area contributed by atoms with Crippen LogP contribution < -0.4 is 10.1 Å². The molecule has 2 heterocycles. The SMILES string of the molecule is COc1ccc2c(CC(=O)Nc3ccc(-n4ccnc4)c(Cl)c3)coc2c1. The average Bonchev–Trinajstić information content (AvgIpc) is 3.32. The maximum absolute atomic E-state index is 12.4. The Labute approximate surface area is 160 Å². The second-order valence-corrected chi connectivity index (χ2v) is 6.39. The van der Waals surface area contributed by atoms with Crippen molar-refractivity contribution < 1.29 is 13.9 Å². The summed E-state index contributed by atoms with van der Waals surface area (Å²) in [6, 6.07) is 10.9. The lowest BCUT2D eigenvalue weighted by molar-refractivity contribution is -0.115. The molecule has 0 saturated heterocycles. The number of nitrogens with one attached hydrogen (secondary N) is 1. The highest BCUT2D eigenvalue weighted by Gasteiger charge is 2.12. The second-order valence-electron chi connectivity index (χ2n) is 5.98. The largest absolute Gasteiger partial charge is 0.497 e. The number of imidazole rings is 1. The normalized spacial score (nSPS) is 10.9. The molecule has 0 radical (unpaired) electrons. The first-order chi connectivity index (χ1) is 13.1. The van der Waals surface area contributed by atoms with Crippen LogP contribution in [0.3, 0.4) is 0 Å². The number of halogens is 1. The summed E-state index contributed by atoms with van der Waals surface area (Å²) in [6.45, 7) is 0. The molecule has 0 unspecified atom stereocenters. The monoisotopic (exact) mass is 381 g/mol. The Hall–Kier alpha value is -3.25. The molecule has 136 valence electrons. The molecule has 0 atom stereocenters. The molecule has 0 aliphatic heterocycles. The molecule has 1 N–H and O–H groups in total. The second kappa shape index (κ2) is 7.17. The van der Waals surface area contributed by atoms with Crippen molar-refractivity contribution in [2.24, 2.45) is 0 Å². The van der Waals surface area contributed by atoms with Gasteiger partial charge in [0.2, 0.25) is 5.91 Å². The molecule has 2 aromatic carbocycles. The summed E-state index contributed by atoms with van der Waals surface area (Å²) in [5.41, 5.74) is 2.92. The summed E-state index contributed by atoms with van der Waals surface area (Å²) < 4.78 is 12.5. The third-order valence-corrected chi connectivity index (χ3v) is 4.53. The van der Waals surface area contributed by atoms with Crippen LogP contribution in [0.1, 0.15) is 5.56 Å². The van der Waals surface area contributed by atoms with E-state index in [0.717, 1.165) is 16.6 Å². The molecule has 0 spiro atoms. The van der Waals surface area contributed by atoms with Crippen molar-refractivity contribution >= 4 is 34.2 Å². The number of aromatic nitrogens is 2. The van der Waals surface area contributed by atoms with E-state index in [-0.39, 0.29) is 12.3 Å². The number of carbonyl (C=O) groups excluding carboxylic acids is 1. The molecule has 4 rings (SSSR count). The lowest BCUT2D eigenvalue weighted by Crippen LogP contribution is -2.14. The number of rotatable bonds is 5. The fourth-order valence-corrected chi connectivity index (χ4v) is 3.18. The number of amides is 1. The standard InChI is InChI=1S/C20H16ClN3O3/c1-26-15-3-4-16-13(11-27-19(16)10-15)8-20(25)23-14-2-5-18(17(21)9-14)24-7-6-22-12-24/h2-7,9-12H,8H2,1H3,(H,23,25). The van der Waals surface area contributed by atoms with Crippen LogP contribution in [0.2, 0.25) is 5.02 Å². The van der Waals surface area contributed by atoms with Gasteiger partial charge in [-0.3, -0.25) is 4.79 Å². The highest BCUT2D eigenvalue weighted by Crippen LogP contribution is 2.27. The minimum absolute atomic E-state index is 0.153. The van der Waals surface area contributed by atoms with Crippen LogP contribution in [-0.4, -0.2) is 22.6 Å². The van der Waals surface area contributed by atoms with Crippen LogP contribution in [0.25, 0.3) is 16.7 Å². The van der Waals surface area contributed by atoms with Crippen LogP contribution in [0.5, 0.6) is 5.75 Å². The van der Waals surface area contributed by atoms with Gasteiger partial charge in [-0.05, 0) is 30.3 Å². The summed E-state index contributed by atoms with van der Waals surface area (Å²) >= 11 is 6.33. The van der Waals surface area contributed by atoms with E-state index < -0.39 is 0 Å². The van der Waals surface area contributed by atoms with Crippen molar-refractivity contribution in [2.75, 3.05) is 12.4 Å². The Morgan fingerprint density at radius 3 is 2.93 bits per heavy atom. The van der Waals surface area contributed by atoms with E-state index in [2.05, 4.69) is 10.3 Å². The Kier molecular flexibility index (Phi) is 4.56. The van der Waals surface area contributed by atoms with Gasteiger partial charge in [-0.25, -0.2) is 4.98 Å². The molecule has 4 aromatic rings. The zero-order chi connectivity index (χ0) is 18.8. The number of hydrogen-bond acceptors (Lipinski definition) is 4. The lowest BCUT2D eigenvalue weighted by Gasteiger charge is -2.09. The predicted octanol–water partition coefficient (Wildman–Crippen LogP) is 4.46. The minimum atomic E-state index is -0.153. The van der Waals surface area contributed by atoms with E-state index >= 15 is 0 Å². The van der Waals surface area contributed by atoms with E-state index in [9.17, 15) is 4.79 Å². The van der Waals surface area contributed by atoms with E-state index in [1.165, 1.54) is 0 Å². The quantitative estimate of drug-likeness (QED) is 0.554. The molecule has 0 fully saturated rings. The van der Waals surface area contributed by atoms with Gasteiger partial charge in [-0.1, -0.05) is 11.6 Å². The van der Waals surface area contributed by atoms with Crippen LogP contribution in [0, 0.1) is 0 Å². The van der Waals surface area contributed by atoms with Crippen LogP contribution in [-0.2, 0) is 11.2 Å². The number of fused-ring (bicyclic) bond motifs is 1. The van der Waals surface area contributed by atoms with Gasteiger partial charge in [0.05, 0.1) is 36.8 Å². The summed E-state index contributed by atoms with van der Waals surface area (Å²) in [5.74, 6) is 0.556. The summed E-state index contributed by atoms with van der Waals surface area (Å²) in [5, 5.41) is 4.27. The van der Waals surface area contributed by atoms with E-state index in [0.29, 0.717) is 22.0 Å². The van der Waals surface area contributed by atoms with Gasteiger partial charge >= 0.3 is 0 Å². The van der Waals surface area contributed by atoms with E-state index in [1.807, 2.05) is 18.2 Å². The predicted molar refractivity (Wildman–Crippen MR) is 104 cm³/mol. The van der Waals surface area contributed by atoms with Crippen molar-refractivity contribution in [1.29, 1.82) is 0 Å². The van der Waals surface area contributed by atoms with Gasteiger partial charge in [0.1, 0.15) is 11.3 Å². The Balaban J connectivity index is 1.49. The first kappa shape index (κ1) is 17.2. The van der Waals surface area contributed by atoms with Crippen molar-refractivity contribution in [3.8, 4) is 11.4 Å². The van der Waals surface area contributed by atoms with Crippen LogP contribution in [0.15, 0.2) is 65.8 Å². The molecular weight excluding hydrogens is 366 g/mol. The number of hydrogen-bond donors (Lipinski definition) is 1. The number of ether oxygens (including phenoxy) is 1. The molecule has 0 saturated carbocycles. The Morgan fingerprint density at radius 1 is 1.30 bits per heavy atom. The van der Waals surface area contributed by atoms with Gasteiger partial charge in [0, 0.05) is 35.1 Å². The summed E-state index contributed by atoms with van der Waals surface area (Å²) in [7, 11) is 1.60. The molecule has 27 heavy (non-hydrogen) atoms. The zero-order valence-electron chi connectivity index (χ0n) is 14.5. The molecule has 0 aliphatic rings. The molecular formula is C20H16ClN3O3. The van der Waals surface area contributed by atoms with Crippen LogP contribution >= 0.6 is 11.6 Å². The van der Waals surface area contributed by atoms with Gasteiger partial charge < -0.3 is 19.0 Å². The van der Waals surface area contributed by atoms with Crippen LogP contribution in [0.4, 0.5) is 5.69 Å². The zero-order valence-corrected chi connectivity index (χ0v) is 15.2. The van der Waals surface area contributed by atoms with Gasteiger partial charge in [0.15, 0.2) is 0 Å². The number of nitrogens with zero attached hydrogens (tertiary/aromatic N) is 2. The maximum atomic E-state index is 12.4. The molecule has 6 nitrogen and oxygen atoms in total. The first-order valence-electron chi connectivity index (χ1n) is 8.26. The van der Waals surface area contributed by atoms with Gasteiger partial charge in [-0.2, -0.15) is 0 Å². The van der Waals surface area contributed by atoms with Crippen molar-refractivity contribution in [2.45, 2.75) is 6.42 Å². The van der Waals surface area contributed by atoms with Crippen molar-refractivity contribution in [1.82, 2.24) is 9.55 Å². The number of methoxy groups -OCH3 is 1. The minimum Gasteiger partial charge on any atom is -0.497 e. The Morgan fingerprint density at radius 2 is 2.19 bits per heavy atom. The lowest BCUT2D eigenvalue weighted by atomic mass is 10.1. The summed E-state index contributed by atoms with van der Waals surface area (Å²) in [4.78, 5) is 16.4. The van der Waals surface area contributed by atoms with Gasteiger partial charge in [0.25, 0.3) is 0 Å². The molecule has 0 aliphatic carbocycles. The number of benzene rings is 2. The molecule has 7 heteroatoms. The van der Waals surface area contributed by atoms with Gasteiger partial charge in [-0.15, -0.1) is 0 Å². The first-order valence-corrected chi connectivity index (χ1v) is 8.63. The third-order valence-electron chi connectivity index (χ3n) is 4.23. The smallest absolute Gasteiger partial charge is 0.228 e. The highest BCUT2D eigenvalue weighted by atomic mass is 35.5. The number of carbonyl (C=O) groups is 1. The third kappa shape index (κ3) is 3.52. The average molecular weight is 382 g/mol. The molecule has 0 bridgehead atoms. The number of furan rings is 1. The Bertz CT molecular complexity index is 1100. The molecule has 2 aromatic heterocycles. The summed E-state index contributed by atoms with van der Waals surface area (Å²) in [6.07, 6.45) is 6.94. The fraction of sp³-hybridized carbons (Fsp3) is 0.100. The van der Waals surface area contributed by atoms with E-state index in [1.54, 1.807) is 54.9 Å². The molecule has 1 amide bonds. The topological polar surface area (TPSA) is 69.3 Å². The number of anilines is 1.